The van der Waals surface area contributed by atoms with Crippen LogP contribution in [0.1, 0.15) is 5.56 Å². The summed E-state index contributed by atoms with van der Waals surface area (Å²) in [6.45, 7) is 1.14. The predicted octanol–water partition coefficient (Wildman–Crippen LogP) is 3.35. The maximum absolute atomic E-state index is 14.1. The summed E-state index contributed by atoms with van der Waals surface area (Å²) in [7, 11) is -6.49. The van der Waals surface area contributed by atoms with Crippen molar-refractivity contribution in [1.82, 2.24) is 0 Å². The van der Waals surface area contributed by atoms with E-state index in [1.54, 1.807) is 18.2 Å². The number of sulfonamides is 2. The van der Waals surface area contributed by atoms with Gasteiger partial charge in [0.25, 0.3) is 10.0 Å². The average molecular weight is 522 g/mol. The maximum Gasteiger partial charge on any atom is 0.262 e. The number of halogens is 1. The number of anilines is 3. The zero-order valence-corrected chi connectivity index (χ0v) is 20.8. The van der Waals surface area contributed by atoms with Crippen LogP contribution in [0, 0.1) is 12.7 Å². The number of ether oxygens (including phenoxy) is 1. The van der Waals surface area contributed by atoms with Gasteiger partial charge in [0.05, 0.1) is 29.6 Å². The van der Waals surface area contributed by atoms with Crippen LogP contribution in [0.4, 0.5) is 21.5 Å². The molecule has 0 aliphatic heterocycles. The highest BCUT2D eigenvalue weighted by Gasteiger charge is 2.24. The summed E-state index contributed by atoms with van der Waals surface area (Å²) in [6.07, 6.45) is 0.864. The fourth-order valence-electron chi connectivity index (χ4n) is 3.19. The Morgan fingerprint density at radius 3 is 2.26 bits per heavy atom. The van der Waals surface area contributed by atoms with Gasteiger partial charge in [0.15, 0.2) is 0 Å². The van der Waals surface area contributed by atoms with Gasteiger partial charge in [-0.3, -0.25) is 13.8 Å². The number of nitrogens with one attached hydrogen (secondary N) is 2. The van der Waals surface area contributed by atoms with E-state index in [9.17, 15) is 26.0 Å². The lowest BCUT2D eigenvalue weighted by Gasteiger charge is -2.22. The highest BCUT2D eigenvalue weighted by Crippen LogP contribution is 2.28. The molecule has 0 radical (unpaired) electrons. The van der Waals surface area contributed by atoms with Gasteiger partial charge >= 0.3 is 0 Å². The molecule has 0 fully saturated rings. The number of benzene rings is 3. The van der Waals surface area contributed by atoms with Crippen molar-refractivity contribution in [2.24, 2.45) is 0 Å². The SMILES string of the molecule is COc1ccc(C)cc1NS(=O)(=O)c1ccc(NC(=O)CN(c2ccccc2F)S(C)(=O)=O)cc1. The molecule has 0 heterocycles. The summed E-state index contributed by atoms with van der Waals surface area (Å²) in [5.41, 5.74) is 1.08. The molecule has 0 aliphatic rings. The Bertz CT molecular complexity index is 1440. The molecule has 0 aromatic heterocycles. The van der Waals surface area contributed by atoms with Crippen LogP contribution in [0.5, 0.6) is 5.75 Å². The van der Waals surface area contributed by atoms with Crippen molar-refractivity contribution in [3.05, 3.63) is 78.1 Å². The Morgan fingerprint density at radius 1 is 1.00 bits per heavy atom. The fourth-order valence-corrected chi connectivity index (χ4v) is 5.11. The fraction of sp³-hybridized carbons (Fsp3) is 0.174. The van der Waals surface area contributed by atoms with Gasteiger partial charge in [-0.2, -0.15) is 0 Å². The van der Waals surface area contributed by atoms with Crippen LogP contribution >= 0.6 is 0 Å². The lowest BCUT2D eigenvalue weighted by Crippen LogP contribution is -2.38. The largest absolute Gasteiger partial charge is 0.495 e. The molecule has 2 N–H and O–H groups in total. The molecular weight excluding hydrogens is 497 g/mol. The second-order valence-corrected chi connectivity index (χ2v) is 11.2. The van der Waals surface area contributed by atoms with E-state index in [4.69, 9.17) is 4.74 Å². The number of nitrogens with zero attached hydrogens (tertiary/aromatic N) is 1. The lowest BCUT2D eigenvalue weighted by molar-refractivity contribution is -0.114. The minimum Gasteiger partial charge on any atom is -0.495 e. The maximum atomic E-state index is 14.1. The summed E-state index contributed by atoms with van der Waals surface area (Å²) in [6, 6.07) is 15.5. The van der Waals surface area contributed by atoms with Crippen LogP contribution < -0.4 is 19.1 Å². The van der Waals surface area contributed by atoms with Crippen molar-refractivity contribution < 1.29 is 30.8 Å². The topological polar surface area (TPSA) is 122 Å². The van der Waals surface area contributed by atoms with Crippen molar-refractivity contribution in [3.8, 4) is 5.75 Å². The summed E-state index contributed by atoms with van der Waals surface area (Å²) < 4.78 is 72.3. The molecule has 3 aromatic rings. The zero-order valence-electron chi connectivity index (χ0n) is 19.1. The minimum absolute atomic E-state index is 0.0665. The molecule has 0 saturated carbocycles. The number of para-hydroxylation sites is 1. The first kappa shape index (κ1) is 26.0. The van der Waals surface area contributed by atoms with Crippen molar-refractivity contribution in [3.63, 3.8) is 0 Å². The van der Waals surface area contributed by atoms with Crippen molar-refractivity contribution >= 4 is 43.0 Å². The Kier molecular flexibility index (Phi) is 7.66. The van der Waals surface area contributed by atoms with Gasteiger partial charge in [0, 0.05) is 5.69 Å². The minimum atomic E-state index is -3.96. The normalized spacial score (nSPS) is 11.5. The van der Waals surface area contributed by atoms with Gasteiger partial charge in [-0.05, 0) is 61.0 Å². The van der Waals surface area contributed by atoms with Gasteiger partial charge in [-0.25, -0.2) is 21.2 Å². The molecule has 186 valence electrons. The van der Waals surface area contributed by atoms with Gasteiger partial charge in [-0.15, -0.1) is 0 Å². The molecule has 0 atom stereocenters. The molecule has 0 bridgehead atoms. The van der Waals surface area contributed by atoms with E-state index < -0.39 is 38.3 Å². The molecule has 3 aromatic carbocycles. The molecule has 0 saturated heterocycles. The van der Waals surface area contributed by atoms with E-state index in [0.717, 1.165) is 17.9 Å². The molecular formula is C23H24FN3O6S2. The zero-order chi connectivity index (χ0) is 25.8. The molecule has 35 heavy (non-hydrogen) atoms. The number of aryl methyl sites for hydroxylation is 1. The lowest BCUT2D eigenvalue weighted by atomic mass is 10.2. The number of hydrogen-bond acceptors (Lipinski definition) is 6. The van der Waals surface area contributed by atoms with Crippen molar-refractivity contribution in [2.75, 3.05) is 34.3 Å². The number of methoxy groups -OCH3 is 1. The third-order valence-corrected chi connectivity index (χ3v) is 7.36. The Morgan fingerprint density at radius 2 is 1.66 bits per heavy atom. The number of amides is 1. The van der Waals surface area contributed by atoms with E-state index in [2.05, 4.69) is 10.0 Å². The molecule has 3 rings (SSSR count). The Labute approximate surface area is 203 Å². The third-order valence-electron chi connectivity index (χ3n) is 4.86. The van der Waals surface area contributed by atoms with Crippen LogP contribution in [0.15, 0.2) is 71.6 Å². The summed E-state index contributed by atoms with van der Waals surface area (Å²) in [4.78, 5) is 12.4. The molecule has 1 amide bonds. The van der Waals surface area contributed by atoms with E-state index in [1.165, 1.54) is 49.6 Å². The van der Waals surface area contributed by atoms with E-state index in [1.807, 2.05) is 6.92 Å². The number of carbonyl (C=O) groups excluding carboxylic acids is 1. The van der Waals surface area contributed by atoms with Gasteiger partial charge in [-0.1, -0.05) is 18.2 Å². The van der Waals surface area contributed by atoms with E-state index in [0.29, 0.717) is 10.1 Å². The second-order valence-electron chi connectivity index (χ2n) is 7.60. The summed E-state index contributed by atoms with van der Waals surface area (Å²) in [5.74, 6) is -1.18. The van der Waals surface area contributed by atoms with E-state index >= 15 is 0 Å². The summed E-state index contributed by atoms with van der Waals surface area (Å²) >= 11 is 0. The van der Waals surface area contributed by atoms with Gasteiger partial charge in [0.2, 0.25) is 15.9 Å². The number of hydrogen-bond donors (Lipinski definition) is 2. The van der Waals surface area contributed by atoms with Crippen molar-refractivity contribution in [1.29, 1.82) is 0 Å². The first-order valence-electron chi connectivity index (χ1n) is 10.2. The smallest absolute Gasteiger partial charge is 0.262 e. The van der Waals surface area contributed by atoms with E-state index in [-0.39, 0.29) is 22.0 Å². The molecule has 12 heteroatoms. The number of carbonyl (C=O) groups is 1. The second kappa shape index (κ2) is 10.3. The first-order valence-corrected chi connectivity index (χ1v) is 13.5. The van der Waals surface area contributed by atoms with Crippen LogP contribution in [0.25, 0.3) is 0 Å². The molecule has 0 spiro atoms. The quantitative estimate of drug-likeness (QED) is 0.445. The molecule has 9 nitrogen and oxygen atoms in total. The van der Waals surface area contributed by atoms with Crippen LogP contribution in [-0.2, 0) is 24.8 Å². The van der Waals surface area contributed by atoms with Crippen LogP contribution in [0.3, 0.4) is 0 Å². The predicted molar refractivity (Wildman–Crippen MR) is 132 cm³/mol. The Hall–Kier alpha value is -3.64. The van der Waals surface area contributed by atoms with Crippen LogP contribution in [-0.4, -0.2) is 42.7 Å². The summed E-state index contributed by atoms with van der Waals surface area (Å²) in [5, 5.41) is 2.49. The van der Waals surface area contributed by atoms with Gasteiger partial charge in [0.1, 0.15) is 18.1 Å². The third kappa shape index (κ3) is 6.49. The van der Waals surface area contributed by atoms with Gasteiger partial charge < -0.3 is 10.1 Å². The molecule has 0 aliphatic carbocycles. The monoisotopic (exact) mass is 521 g/mol. The average Bonchev–Trinajstić information content (AvgIpc) is 2.78. The highest BCUT2D eigenvalue weighted by atomic mass is 32.2. The number of rotatable bonds is 9. The molecule has 0 unspecified atom stereocenters. The highest BCUT2D eigenvalue weighted by molar-refractivity contribution is 7.92. The van der Waals surface area contributed by atoms with Crippen LogP contribution in [0.2, 0.25) is 0 Å². The standard InChI is InChI=1S/C23H24FN3O6S2/c1-16-8-13-22(33-2)20(14-16)26-35(31,32)18-11-9-17(10-12-18)25-23(28)15-27(34(3,29)30)21-7-5-4-6-19(21)24/h4-14,26H,15H2,1-3H3,(H,25,28). The Balaban J connectivity index is 1.75. The van der Waals surface area contributed by atoms with Crippen molar-refractivity contribution in [2.45, 2.75) is 11.8 Å². The first-order chi connectivity index (χ1) is 16.4.